The number of rotatable bonds is 5. The SMILES string of the molecule is CC(=O)c1ccc2c(c1)c1cc(C(=O)C(C)=NOC(=O)c3ccccc3)ccc1n2C. The molecule has 0 amide bonds. The van der Waals surface area contributed by atoms with Gasteiger partial charge in [-0.3, -0.25) is 9.59 Å². The lowest BCUT2D eigenvalue weighted by Crippen LogP contribution is -2.12. The zero-order valence-corrected chi connectivity index (χ0v) is 17.4. The predicted octanol–water partition coefficient (Wildman–Crippen LogP) is 4.95. The number of hydrogen-bond acceptors (Lipinski definition) is 5. The molecule has 0 aliphatic carbocycles. The molecular formula is C25H20N2O4. The Hall–Kier alpha value is -4.06. The first-order valence-electron chi connectivity index (χ1n) is 9.75. The van der Waals surface area contributed by atoms with Crippen LogP contribution in [0.4, 0.5) is 0 Å². The topological polar surface area (TPSA) is 77.7 Å². The number of nitrogens with zero attached hydrogens (tertiary/aromatic N) is 2. The molecule has 0 aliphatic heterocycles. The van der Waals surface area contributed by atoms with Gasteiger partial charge in [0.2, 0.25) is 5.78 Å². The highest BCUT2D eigenvalue weighted by Crippen LogP contribution is 2.30. The Morgan fingerprint density at radius 2 is 1.35 bits per heavy atom. The molecule has 0 radical (unpaired) electrons. The molecule has 6 heteroatoms. The van der Waals surface area contributed by atoms with E-state index in [1.54, 1.807) is 48.5 Å². The summed E-state index contributed by atoms with van der Waals surface area (Å²) in [4.78, 5) is 41.7. The minimum Gasteiger partial charge on any atom is -0.344 e. The van der Waals surface area contributed by atoms with Gasteiger partial charge in [0.05, 0.1) is 5.56 Å². The van der Waals surface area contributed by atoms with Crippen LogP contribution in [0.5, 0.6) is 0 Å². The molecule has 1 heterocycles. The molecule has 4 aromatic rings. The molecule has 0 N–H and O–H groups in total. The third-order valence-corrected chi connectivity index (χ3v) is 5.28. The molecule has 3 aromatic carbocycles. The fourth-order valence-electron chi connectivity index (χ4n) is 3.57. The van der Waals surface area contributed by atoms with Gasteiger partial charge in [0.25, 0.3) is 0 Å². The van der Waals surface area contributed by atoms with E-state index in [4.69, 9.17) is 4.84 Å². The number of aryl methyl sites for hydroxylation is 1. The van der Waals surface area contributed by atoms with E-state index in [0.717, 1.165) is 21.8 Å². The number of aromatic nitrogens is 1. The molecule has 6 nitrogen and oxygen atoms in total. The van der Waals surface area contributed by atoms with E-state index < -0.39 is 5.97 Å². The van der Waals surface area contributed by atoms with Crippen molar-refractivity contribution in [3.05, 3.63) is 83.4 Å². The lowest BCUT2D eigenvalue weighted by Gasteiger charge is -2.03. The van der Waals surface area contributed by atoms with E-state index in [1.807, 2.05) is 29.8 Å². The van der Waals surface area contributed by atoms with Crippen LogP contribution in [0.1, 0.15) is 44.9 Å². The zero-order valence-electron chi connectivity index (χ0n) is 17.4. The van der Waals surface area contributed by atoms with Gasteiger partial charge in [0.1, 0.15) is 5.71 Å². The minimum absolute atomic E-state index is 0.0191. The van der Waals surface area contributed by atoms with Crippen LogP contribution < -0.4 is 0 Å². The minimum atomic E-state index is -0.631. The van der Waals surface area contributed by atoms with Crippen LogP contribution in [-0.2, 0) is 11.9 Å². The quantitative estimate of drug-likeness (QED) is 0.201. The first-order chi connectivity index (χ1) is 14.9. The number of oxime groups is 1. The Bertz CT molecular complexity index is 1380. The third kappa shape index (κ3) is 3.75. The Balaban J connectivity index is 1.67. The van der Waals surface area contributed by atoms with Crippen LogP contribution in [0.2, 0.25) is 0 Å². The van der Waals surface area contributed by atoms with E-state index in [2.05, 4.69) is 5.16 Å². The van der Waals surface area contributed by atoms with Crippen LogP contribution in [0, 0.1) is 0 Å². The highest BCUT2D eigenvalue weighted by Gasteiger charge is 2.16. The normalized spacial score (nSPS) is 11.6. The summed E-state index contributed by atoms with van der Waals surface area (Å²) in [7, 11) is 1.94. The van der Waals surface area contributed by atoms with E-state index >= 15 is 0 Å². The van der Waals surface area contributed by atoms with Crippen LogP contribution in [0.25, 0.3) is 21.8 Å². The molecule has 154 valence electrons. The van der Waals surface area contributed by atoms with Gasteiger partial charge in [-0.25, -0.2) is 4.79 Å². The van der Waals surface area contributed by atoms with Gasteiger partial charge in [-0.05, 0) is 62.4 Å². The standard InChI is InChI=1S/C25H20N2O4/c1-15(26-31-25(30)17-7-5-4-6-8-17)24(29)19-10-12-23-21(14-19)20-13-18(16(2)28)9-11-22(20)27(23)3/h4-14H,1-3H3. The summed E-state index contributed by atoms with van der Waals surface area (Å²) >= 11 is 0. The van der Waals surface area contributed by atoms with E-state index in [9.17, 15) is 14.4 Å². The fraction of sp³-hybridized carbons (Fsp3) is 0.120. The van der Waals surface area contributed by atoms with Crippen LogP contribution in [-0.4, -0.2) is 27.8 Å². The summed E-state index contributed by atoms with van der Waals surface area (Å²) in [5.41, 5.74) is 3.36. The van der Waals surface area contributed by atoms with Crippen molar-refractivity contribution in [2.75, 3.05) is 0 Å². The second-order valence-corrected chi connectivity index (χ2v) is 7.33. The second kappa shape index (κ2) is 7.99. The van der Waals surface area contributed by atoms with Gasteiger partial charge in [-0.15, -0.1) is 0 Å². The summed E-state index contributed by atoms with van der Waals surface area (Å²) in [6, 6.07) is 19.3. The maximum Gasteiger partial charge on any atom is 0.365 e. The third-order valence-electron chi connectivity index (χ3n) is 5.28. The van der Waals surface area contributed by atoms with Gasteiger partial charge in [-0.2, -0.15) is 0 Å². The second-order valence-electron chi connectivity index (χ2n) is 7.33. The van der Waals surface area contributed by atoms with Crippen molar-refractivity contribution < 1.29 is 19.2 Å². The Labute approximate surface area is 178 Å². The molecule has 0 atom stereocenters. The van der Waals surface area contributed by atoms with E-state index in [-0.39, 0.29) is 17.3 Å². The van der Waals surface area contributed by atoms with Gasteiger partial charge < -0.3 is 9.40 Å². The lowest BCUT2D eigenvalue weighted by molar-refractivity contribution is 0.0515. The van der Waals surface area contributed by atoms with Crippen molar-refractivity contribution in [2.24, 2.45) is 12.2 Å². The number of hydrogen-bond donors (Lipinski definition) is 0. The van der Waals surface area contributed by atoms with Crippen molar-refractivity contribution in [1.29, 1.82) is 0 Å². The Morgan fingerprint density at radius 3 is 1.97 bits per heavy atom. The lowest BCUT2D eigenvalue weighted by atomic mass is 10.0. The average molecular weight is 412 g/mol. The Morgan fingerprint density at radius 1 is 0.774 bits per heavy atom. The molecule has 4 rings (SSSR count). The fourth-order valence-corrected chi connectivity index (χ4v) is 3.57. The molecule has 0 aliphatic rings. The molecule has 0 saturated heterocycles. The molecule has 0 spiro atoms. The molecule has 0 saturated carbocycles. The zero-order chi connectivity index (χ0) is 22.1. The summed E-state index contributed by atoms with van der Waals surface area (Å²) < 4.78 is 2.02. The highest BCUT2D eigenvalue weighted by molar-refractivity contribution is 6.45. The number of Topliss-reactive ketones (excluding diaryl/α,β-unsaturated/α-hetero) is 2. The maximum atomic E-state index is 12.9. The molecule has 0 bridgehead atoms. The number of fused-ring (bicyclic) bond motifs is 3. The monoisotopic (exact) mass is 412 g/mol. The van der Waals surface area contributed by atoms with Crippen LogP contribution in [0.15, 0.2) is 71.9 Å². The van der Waals surface area contributed by atoms with E-state index in [0.29, 0.717) is 16.7 Å². The van der Waals surface area contributed by atoms with Crippen molar-refractivity contribution in [2.45, 2.75) is 13.8 Å². The van der Waals surface area contributed by atoms with Gasteiger partial charge in [0.15, 0.2) is 5.78 Å². The van der Waals surface area contributed by atoms with Crippen molar-refractivity contribution in [1.82, 2.24) is 4.57 Å². The average Bonchev–Trinajstić information content (AvgIpc) is 3.08. The summed E-state index contributed by atoms with van der Waals surface area (Å²) in [5, 5.41) is 5.48. The Kier molecular flexibility index (Phi) is 5.21. The first kappa shape index (κ1) is 20.2. The molecule has 1 aromatic heterocycles. The summed E-state index contributed by atoms with van der Waals surface area (Å²) in [6.07, 6.45) is 0. The van der Waals surface area contributed by atoms with Gasteiger partial charge >= 0.3 is 5.97 Å². The molecule has 0 fully saturated rings. The maximum absolute atomic E-state index is 12.9. The summed E-state index contributed by atoms with van der Waals surface area (Å²) in [5.74, 6) is -0.995. The molecule has 31 heavy (non-hydrogen) atoms. The summed E-state index contributed by atoms with van der Waals surface area (Å²) in [6.45, 7) is 3.03. The van der Waals surface area contributed by atoms with Crippen molar-refractivity contribution in [3.63, 3.8) is 0 Å². The molecule has 0 unspecified atom stereocenters. The number of carbonyl (C=O) groups is 3. The van der Waals surface area contributed by atoms with Crippen molar-refractivity contribution >= 4 is 45.1 Å². The van der Waals surface area contributed by atoms with Crippen molar-refractivity contribution in [3.8, 4) is 0 Å². The number of ketones is 2. The number of carbonyl (C=O) groups excluding carboxylic acids is 3. The van der Waals surface area contributed by atoms with Crippen LogP contribution >= 0.6 is 0 Å². The van der Waals surface area contributed by atoms with Gasteiger partial charge in [0, 0.05) is 40.0 Å². The number of benzene rings is 3. The smallest absolute Gasteiger partial charge is 0.344 e. The highest BCUT2D eigenvalue weighted by atomic mass is 16.7. The van der Waals surface area contributed by atoms with Gasteiger partial charge in [-0.1, -0.05) is 23.4 Å². The van der Waals surface area contributed by atoms with Crippen LogP contribution in [0.3, 0.4) is 0 Å². The largest absolute Gasteiger partial charge is 0.365 e. The predicted molar refractivity (Wildman–Crippen MR) is 120 cm³/mol. The molecular weight excluding hydrogens is 392 g/mol. The van der Waals surface area contributed by atoms with E-state index in [1.165, 1.54) is 13.8 Å². The first-order valence-corrected chi connectivity index (χ1v) is 9.75.